The molecule has 1 aromatic carbocycles. The molecule has 35 heavy (non-hydrogen) atoms. The highest BCUT2D eigenvalue weighted by atomic mass is 16.2. The van der Waals surface area contributed by atoms with Crippen molar-refractivity contribution >= 4 is 11.7 Å². The van der Waals surface area contributed by atoms with Crippen LogP contribution in [-0.4, -0.2) is 54.2 Å². The van der Waals surface area contributed by atoms with Gasteiger partial charge >= 0.3 is 6.03 Å². The summed E-state index contributed by atoms with van der Waals surface area (Å²) in [6.07, 6.45) is 15.2. The van der Waals surface area contributed by atoms with Gasteiger partial charge < -0.3 is 15.5 Å². The van der Waals surface area contributed by atoms with Crippen molar-refractivity contribution in [3.63, 3.8) is 0 Å². The molecule has 1 atom stereocenters. The van der Waals surface area contributed by atoms with Crippen LogP contribution >= 0.6 is 0 Å². The van der Waals surface area contributed by atoms with E-state index in [0.29, 0.717) is 18.5 Å². The number of carbonyl (C=O) groups is 1. The van der Waals surface area contributed by atoms with E-state index in [1.54, 1.807) is 18.0 Å². The second-order valence-electron chi connectivity index (χ2n) is 10.6. The van der Waals surface area contributed by atoms with E-state index in [4.69, 9.17) is 0 Å². The first kappa shape index (κ1) is 24.1. The summed E-state index contributed by atoms with van der Waals surface area (Å²) in [6.45, 7) is 4.96. The number of carbonyl (C=O) groups excluding carboxylic acids is 1. The van der Waals surface area contributed by atoms with Gasteiger partial charge in [-0.1, -0.05) is 56.4 Å². The monoisotopic (exact) mass is 475 g/mol. The van der Waals surface area contributed by atoms with Crippen molar-refractivity contribution < 1.29 is 4.79 Å². The second kappa shape index (κ2) is 11.9. The summed E-state index contributed by atoms with van der Waals surface area (Å²) in [7, 11) is 0. The number of likely N-dealkylation sites (tertiary alicyclic amines) is 1. The molecule has 2 fully saturated rings. The van der Waals surface area contributed by atoms with Crippen LogP contribution in [0.2, 0.25) is 0 Å². The maximum atomic E-state index is 12.0. The molecule has 3 aliphatic rings. The van der Waals surface area contributed by atoms with Crippen molar-refractivity contribution in [2.45, 2.75) is 82.3 Å². The van der Waals surface area contributed by atoms with E-state index in [0.717, 1.165) is 24.6 Å². The molecule has 188 valence electrons. The number of para-hydroxylation sites is 1. The number of nitrogens with one attached hydrogen (secondary N) is 2. The lowest BCUT2D eigenvalue weighted by atomic mass is 9.95. The predicted octanol–water partition coefficient (Wildman–Crippen LogP) is 5.06. The molecule has 1 saturated carbocycles. The number of unbranched alkanes of at least 4 members (excludes halogenated alkanes) is 3. The van der Waals surface area contributed by atoms with Crippen LogP contribution in [0.1, 0.15) is 74.8 Å². The third-order valence-corrected chi connectivity index (χ3v) is 8.22. The van der Waals surface area contributed by atoms with Gasteiger partial charge in [-0.3, -0.25) is 9.88 Å². The van der Waals surface area contributed by atoms with Gasteiger partial charge in [0.15, 0.2) is 0 Å². The molecule has 1 saturated heterocycles. The molecular weight excluding hydrogens is 434 g/mol. The quantitative estimate of drug-likeness (QED) is 0.446. The molecular formula is C29H41N5O. The summed E-state index contributed by atoms with van der Waals surface area (Å²) < 4.78 is 0. The van der Waals surface area contributed by atoms with Crippen molar-refractivity contribution in [2.75, 3.05) is 31.1 Å². The summed E-state index contributed by atoms with van der Waals surface area (Å²) in [6, 6.07) is 14.5. The van der Waals surface area contributed by atoms with Crippen molar-refractivity contribution in [1.29, 1.82) is 0 Å². The first-order valence-electron chi connectivity index (χ1n) is 13.8. The summed E-state index contributed by atoms with van der Waals surface area (Å²) in [5.74, 6) is 0.670. The lowest BCUT2D eigenvalue weighted by Crippen LogP contribution is -2.61. The molecule has 0 radical (unpaired) electrons. The Morgan fingerprint density at radius 1 is 0.914 bits per heavy atom. The fourth-order valence-corrected chi connectivity index (χ4v) is 6.19. The third-order valence-electron chi connectivity index (χ3n) is 8.22. The topological polar surface area (TPSA) is 60.5 Å². The molecule has 0 spiro atoms. The molecule has 1 unspecified atom stereocenters. The molecule has 6 nitrogen and oxygen atoms in total. The van der Waals surface area contributed by atoms with Crippen LogP contribution in [0, 0.1) is 0 Å². The van der Waals surface area contributed by atoms with Gasteiger partial charge in [-0.05, 0) is 48.9 Å². The van der Waals surface area contributed by atoms with Crippen LogP contribution in [0.3, 0.4) is 0 Å². The Bertz CT molecular complexity index is 939. The summed E-state index contributed by atoms with van der Waals surface area (Å²) >= 11 is 0. The van der Waals surface area contributed by atoms with Crippen LogP contribution in [0.4, 0.5) is 10.5 Å². The van der Waals surface area contributed by atoms with Gasteiger partial charge in [0.05, 0.1) is 6.04 Å². The SMILES string of the molecule is O=C(NCCCCCCC1CN(C2CN(C3CCCC3)C2)c2ccccc21)NCc1cccnc1. The number of anilines is 1. The minimum absolute atomic E-state index is 0.0981. The van der Waals surface area contributed by atoms with E-state index in [9.17, 15) is 4.79 Å². The smallest absolute Gasteiger partial charge is 0.315 e. The Morgan fingerprint density at radius 2 is 1.74 bits per heavy atom. The second-order valence-corrected chi connectivity index (χ2v) is 10.6. The highest BCUT2D eigenvalue weighted by Crippen LogP contribution is 2.42. The number of amides is 2. The molecule has 1 aliphatic carbocycles. The maximum absolute atomic E-state index is 12.0. The number of rotatable bonds is 11. The van der Waals surface area contributed by atoms with Gasteiger partial charge in [-0.15, -0.1) is 0 Å². The molecule has 6 heteroatoms. The maximum Gasteiger partial charge on any atom is 0.315 e. The first-order chi connectivity index (χ1) is 17.3. The van der Waals surface area contributed by atoms with Crippen LogP contribution in [0.15, 0.2) is 48.8 Å². The largest absolute Gasteiger partial charge is 0.365 e. The molecule has 0 bridgehead atoms. The summed E-state index contributed by atoms with van der Waals surface area (Å²) in [5.41, 5.74) is 4.08. The molecule has 1 aromatic heterocycles. The number of pyridine rings is 1. The molecule has 3 heterocycles. The minimum atomic E-state index is -0.0981. The molecule has 2 aromatic rings. The fourth-order valence-electron chi connectivity index (χ4n) is 6.19. The van der Waals surface area contributed by atoms with E-state index in [-0.39, 0.29) is 6.03 Å². The van der Waals surface area contributed by atoms with E-state index in [1.165, 1.54) is 76.7 Å². The predicted molar refractivity (Wildman–Crippen MR) is 142 cm³/mol. The number of hydrogen-bond donors (Lipinski definition) is 2. The number of nitrogens with zero attached hydrogens (tertiary/aromatic N) is 3. The fraction of sp³-hybridized carbons (Fsp3) is 0.586. The van der Waals surface area contributed by atoms with Crippen molar-refractivity contribution in [3.8, 4) is 0 Å². The average molecular weight is 476 g/mol. The average Bonchev–Trinajstić information content (AvgIpc) is 3.51. The number of urea groups is 1. The molecule has 2 amide bonds. The van der Waals surface area contributed by atoms with Gasteiger partial charge in [-0.25, -0.2) is 4.79 Å². The van der Waals surface area contributed by atoms with Crippen LogP contribution in [-0.2, 0) is 6.54 Å². The first-order valence-corrected chi connectivity index (χ1v) is 13.8. The van der Waals surface area contributed by atoms with Crippen LogP contribution < -0.4 is 15.5 Å². The third kappa shape index (κ3) is 6.16. The lowest BCUT2D eigenvalue weighted by Gasteiger charge is -2.48. The van der Waals surface area contributed by atoms with E-state index in [2.05, 4.69) is 49.7 Å². The van der Waals surface area contributed by atoms with Gasteiger partial charge in [0.25, 0.3) is 0 Å². The molecule has 2 N–H and O–H groups in total. The van der Waals surface area contributed by atoms with Gasteiger partial charge in [0.2, 0.25) is 0 Å². The van der Waals surface area contributed by atoms with E-state index >= 15 is 0 Å². The highest BCUT2D eigenvalue weighted by molar-refractivity contribution is 5.73. The Labute approximate surface area is 210 Å². The zero-order chi connectivity index (χ0) is 23.9. The van der Waals surface area contributed by atoms with Gasteiger partial charge in [0.1, 0.15) is 0 Å². The molecule has 5 rings (SSSR count). The van der Waals surface area contributed by atoms with Crippen molar-refractivity contribution in [2.24, 2.45) is 0 Å². The Hall–Kier alpha value is -2.60. The van der Waals surface area contributed by atoms with Crippen LogP contribution in [0.5, 0.6) is 0 Å². The standard InChI is InChI=1S/C29H41N5O/c35-29(32-19-23-10-9-16-30-18-23)31-17-8-2-1-3-11-24-20-34(28-15-7-6-14-27(24)28)26-21-33(22-26)25-12-4-5-13-25/h6-7,9-10,14-16,18,24-26H,1-5,8,11-13,17,19-22H2,(H2,31,32,35). The van der Waals surface area contributed by atoms with Gasteiger partial charge in [-0.2, -0.15) is 0 Å². The Kier molecular flexibility index (Phi) is 8.19. The summed E-state index contributed by atoms with van der Waals surface area (Å²) in [4.78, 5) is 21.5. The number of fused-ring (bicyclic) bond motifs is 1. The zero-order valence-corrected chi connectivity index (χ0v) is 21.0. The lowest BCUT2D eigenvalue weighted by molar-refractivity contribution is 0.0924. The number of benzene rings is 1. The normalized spacial score (nSPS) is 20.6. The summed E-state index contributed by atoms with van der Waals surface area (Å²) in [5, 5.41) is 5.86. The zero-order valence-electron chi connectivity index (χ0n) is 21.0. The van der Waals surface area contributed by atoms with E-state index in [1.807, 2.05) is 12.1 Å². The van der Waals surface area contributed by atoms with Crippen LogP contribution in [0.25, 0.3) is 0 Å². The number of hydrogen-bond acceptors (Lipinski definition) is 4. The number of aromatic nitrogens is 1. The molecule has 2 aliphatic heterocycles. The Morgan fingerprint density at radius 3 is 2.57 bits per heavy atom. The van der Waals surface area contributed by atoms with E-state index < -0.39 is 0 Å². The van der Waals surface area contributed by atoms with Crippen molar-refractivity contribution in [1.82, 2.24) is 20.5 Å². The highest BCUT2D eigenvalue weighted by Gasteiger charge is 2.40. The van der Waals surface area contributed by atoms with Gasteiger partial charge in [0, 0.05) is 62.8 Å². The minimum Gasteiger partial charge on any atom is -0.365 e. The Balaban J connectivity index is 0.971. The van der Waals surface area contributed by atoms with Crippen molar-refractivity contribution in [3.05, 3.63) is 59.9 Å².